The number of carbonyl (C=O) groups is 4. The second-order valence-electron chi connectivity index (χ2n) is 38.2. The Balaban J connectivity index is 0.000000195. The molecule has 8 heterocycles. The molecule has 0 saturated carbocycles. The van der Waals surface area contributed by atoms with Gasteiger partial charge in [-0.15, -0.1) is 9.45 Å². The minimum Gasteiger partial charge on any atom is -0.493 e. The highest BCUT2D eigenvalue weighted by atomic mass is 32.8. The van der Waals surface area contributed by atoms with Crippen molar-refractivity contribution in [2.75, 3.05) is 129 Å². The molecule has 0 aromatic heterocycles. The van der Waals surface area contributed by atoms with E-state index in [-0.39, 0.29) is 87.4 Å². The Morgan fingerprint density at radius 3 is 0.970 bits per heavy atom. The summed E-state index contributed by atoms with van der Waals surface area (Å²) in [5.74, 6) is 3.93. The molecule has 20 nitrogen and oxygen atoms in total. The van der Waals surface area contributed by atoms with Crippen LogP contribution in [0.4, 0.5) is 34.1 Å². The molecule has 18 rings (SSSR count). The zero-order valence-electron chi connectivity index (χ0n) is 79.5. The first-order chi connectivity index (χ1) is 64.9. The lowest BCUT2D eigenvalue weighted by atomic mass is 9.98. The summed E-state index contributed by atoms with van der Waals surface area (Å²) in [5, 5.41) is 0. The number of hydrogen-bond donors (Lipinski definition) is 1. The average Bonchev–Trinajstić information content (AvgIpc) is 1.62. The first-order valence-electron chi connectivity index (χ1n) is 47.9. The van der Waals surface area contributed by atoms with Crippen LogP contribution in [0.1, 0.15) is 207 Å². The van der Waals surface area contributed by atoms with Crippen LogP contribution in [-0.2, 0) is 117 Å². The topological polar surface area (TPSA) is 180 Å². The van der Waals surface area contributed by atoms with Gasteiger partial charge in [-0.2, -0.15) is 12.6 Å². The van der Waals surface area contributed by atoms with Gasteiger partial charge in [0.05, 0.1) is 53.9 Å². The molecule has 135 heavy (non-hydrogen) atoms. The monoisotopic (exact) mass is 1880 g/mol. The highest BCUT2D eigenvalue weighted by Gasteiger charge is 2.43. The number of benzene rings is 10. The third-order valence-electron chi connectivity index (χ3n) is 27.4. The van der Waals surface area contributed by atoms with Gasteiger partial charge in [0.2, 0.25) is 0 Å². The van der Waals surface area contributed by atoms with Gasteiger partial charge in [-0.3, -0.25) is 19.2 Å². The van der Waals surface area contributed by atoms with Crippen LogP contribution < -0.4 is 57.8 Å². The summed E-state index contributed by atoms with van der Waals surface area (Å²) in [6.45, 7) is 25.5. The van der Waals surface area contributed by atoms with Gasteiger partial charge in [0, 0.05) is 129 Å². The largest absolute Gasteiger partial charge is 0.493 e. The number of fused-ring (bicyclic) bond motifs is 16. The van der Waals surface area contributed by atoms with Gasteiger partial charge in [-0.1, -0.05) is 105 Å². The van der Waals surface area contributed by atoms with E-state index >= 15 is 0 Å². The summed E-state index contributed by atoms with van der Waals surface area (Å²) < 4.78 is 61.7. The molecule has 712 valence electrons. The van der Waals surface area contributed by atoms with Crippen molar-refractivity contribution in [3.05, 3.63) is 282 Å². The molecule has 8 aliphatic heterocycles. The zero-order chi connectivity index (χ0) is 93.5. The molecule has 0 radical (unpaired) electrons. The molecule has 10 aromatic rings. The number of thiol groups is 1. The van der Waals surface area contributed by atoms with Crippen molar-refractivity contribution < 1.29 is 66.5 Å². The van der Waals surface area contributed by atoms with E-state index in [1.54, 1.807) is 14.2 Å². The van der Waals surface area contributed by atoms with Gasteiger partial charge in [0.1, 0.15) is 37.9 Å². The third-order valence-corrected chi connectivity index (χ3v) is 30.6. The number of hydrogen-bond acceptors (Lipinski definition) is 18. The van der Waals surface area contributed by atoms with Gasteiger partial charge in [0.15, 0.2) is 23.0 Å². The molecule has 23 heteroatoms. The Bertz CT molecular complexity index is 6010. The van der Waals surface area contributed by atoms with E-state index in [1.165, 1.54) is 22.3 Å². The lowest BCUT2D eigenvalue weighted by Gasteiger charge is -2.35. The molecule has 5 atom stereocenters. The van der Waals surface area contributed by atoms with E-state index < -0.39 is 0 Å². The minimum atomic E-state index is -0.301. The van der Waals surface area contributed by atoms with E-state index in [4.69, 9.17) is 71.2 Å². The molecule has 1 unspecified atom stereocenters. The van der Waals surface area contributed by atoms with Crippen molar-refractivity contribution >= 4 is 91.0 Å². The molecule has 0 fully saturated rings. The zero-order valence-corrected chi connectivity index (χ0v) is 82.0. The lowest BCUT2D eigenvalue weighted by Crippen LogP contribution is -2.43. The predicted octanol–water partition coefficient (Wildman–Crippen LogP) is 20.7. The van der Waals surface area contributed by atoms with Crippen LogP contribution in [0.25, 0.3) is 0 Å². The molecule has 0 aliphatic carbocycles. The summed E-state index contributed by atoms with van der Waals surface area (Å²) in [7, 11) is 2.97. The Labute approximate surface area is 810 Å². The number of amides is 4. The maximum atomic E-state index is 14.2. The summed E-state index contributed by atoms with van der Waals surface area (Å²) >= 11 is 10.9. The van der Waals surface area contributed by atoms with E-state index in [2.05, 4.69) is 161 Å². The molecular formula is C112H132N6O14S3. The highest BCUT2D eigenvalue weighted by Crippen LogP contribution is 2.47. The molecule has 10 aromatic carbocycles. The standard InChI is InChI=1S/C56H65N3O7S2.C55H63N3O7S.CH4/c1-7-21-63-23-24-64-22-20-57(36-56(3,4)68(6)67)46-27-38(34-65-51-31-40-16-18-44-29-42-12-8-10-14-49(42)58(44)54(60)47(40)25-37(51)2)26-39(28-46)35-66-53-32-41-17-19-45-30-43-13-9-11-15-50(43)59(45)55(61)48(41)33-52(53)62-5;1-6-20-62-22-23-63-21-19-56(35-55(3,4)66)45-26-37(33-64-50-30-39-15-17-43-28-41-11-7-9-13-48(41)57(43)53(59)46(39)24-36(50)2)25-38(27-45)34-65-52-31-40-16-18-44-29-42-12-8-10-14-49(42)58(44)54(60)47(40)32-51(52)61-5;/h8-15,25-28,31-33,44-45H,7,16-24,29-30,34-36H2,1-6H3;7-14,24-27,30-32,43-44,66H,6,15-23,28-29,33-35H2,1-5H3;1H4/t44-,45-,68?;43-,44-;/m11./s1. The highest BCUT2D eigenvalue weighted by molar-refractivity contribution is 8.29. The van der Waals surface area contributed by atoms with Crippen LogP contribution in [0, 0.1) is 13.8 Å². The van der Waals surface area contributed by atoms with Crippen LogP contribution >= 0.6 is 12.6 Å². The van der Waals surface area contributed by atoms with Crippen molar-refractivity contribution in [2.45, 2.75) is 213 Å². The van der Waals surface area contributed by atoms with Gasteiger partial charge in [-0.05, 0) is 325 Å². The summed E-state index contributed by atoms with van der Waals surface area (Å²) in [6, 6.07) is 62.5. The number of anilines is 6. The van der Waals surface area contributed by atoms with Gasteiger partial charge in [0.25, 0.3) is 23.6 Å². The second-order valence-corrected chi connectivity index (χ2v) is 42.9. The van der Waals surface area contributed by atoms with Crippen LogP contribution in [0.2, 0.25) is 0 Å². The van der Waals surface area contributed by atoms with Gasteiger partial charge < -0.3 is 76.8 Å². The molecule has 0 saturated heterocycles. The van der Waals surface area contributed by atoms with Crippen LogP contribution in [-0.4, -0.2) is 157 Å². The minimum absolute atomic E-state index is 0. The maximum Gasteiger partial charge on any atom is 0.258 e. The van der Waals surface area contributed by atoms with Crippen molar-refractivity contribution in [1.29, 1.82) is 0 Å². The SMILES string of the molecule is C.CCCOCCOCCN(CC(C)(C)S(C)=S)c1cc(COc2cc3c(cc2C)C(=O)N2c4ccccc4C[C@H]2CC3)cc(COc2cc3c(cc2OC)C(=O)N2c4ccccc4C[C@H]2CC3)c1.CCCOCCOCCN(CC(C)(C)S)c1cc(COc2cc3c(cc2C)C(=O)N2c4ccccc4C[C@H]2CC3)cc(COc2cc3c(cc2OC)C(=O)N2c4ccccc4C[C@H]2CC3)c1. The average molecular weight is 1880 g/mol. The van der Waals surface area contributed by atoms with Crippen LogP contribution in [0.5, 0.6) is 34.5 Å². The Morgan fingerprint density at radius 1 is 0.378 bits per heavy atom. The van der Waals surface area contributed by atoms with Gasteiger partial charge >= 0.3 is 0 Å². The summed E-state index contributed by atoms with van der Waals surface area (Å²) in [5.41, 5.74) is 23.6. The number of nitrogens with zero attached hydrogens (tertiary/aromatic N) is 6. The van der Waals surface area contributed by atoms with Gasteiger partial charge in [-0.25, -0.2) is 0 Å². The number of ether oxygens (including phenoxy) is 10. The third kappa shape index (κ3) is 22.0. The first kappa shape index (κ1) is 97.3. The Kier molecular flexibility index (Phi) is 31.2. The fourth-order valence-corrected chi connectivity index (χ4v) is 21.2. The smallest absolute Gasteiger partial charge is 0.258 e. The van der Waals surface area contributed by atoms with Crippen molar-refractivity contribution in [3.8, 4) is 34.5 Å². The molecule has 0 bridgehead atoms. The number of para-hydroxylation sites is 4. The van der Waals surface area contributed by atoms with E-state index in [0.717, 1.165) is 222 Å². The van der Waals surface area contributed by atoms with E-state index in [9.17, 15) is 19.2 Å². The molecular weight excluding hydrogens is 1750 g/mol. The van der Waals surface area contributed by atoms with E-state index in [0.29, 0.717) is 107 Å². The Morgan fingerprint density at radius 2 is 0.667 bits per heavy atom. The number of carbonyl (C=O) groups excluding carboxylic acids is 4. The van der Waals surface area contributed by atoms with Crippen LogP contribution in [0.15, 0.2) is 182 Å². The van der Waals surface area contributed by atoms with Crippen LogP contribution in [0.3, 0.4) is 0 Å². The molecule has 0 spiro atoms. The van der Waals surface area contributed by atoms with Crippen molar-refractivity contribution in [3.63, 3.8) is 0 Å². The normalized spacial score (nSPS) is 17.3. The maximum absolute atomic E-state index is 14.2. The Hall–Kier alpha value is -10.8. The number of rotatable bonds is 37. The lowest BCUT2D eigenvalue weighted by molar-refractivity contribution is 0.0505. The first-order valence-corrected chi connectivity index (χ1v) is 50.9. The number of aryl methyl sites for hydroxylation is 6. The molecule has 0 N–H and O–H groups in total. The fourth-order valence-electron chi connectivity index (χ4n) is 20.5. The predicted molar refractivity (Wildman–Crippen MR) is 548 cm³/mol. The molecule has 8 aliphatic rings. The summed E-state index contributed by atoms with van der Waals surface area (Å²) in [4.78, 5) is 69.4. The second kappa shape index (κ2) is 43.3. The van der Waals surface area contributed by atoms with Crippen molar-refractivity contribution in [2.24, 2.45) is 0 Å². The fraction of sp³-hybridized carbons (Fsp3) is 0.429. The molecule has 4 amide bonds. The van der Waals surface area contributed by atoms with Crippen molar-refractivity contribution in [1.82, 2.24) is 0 Å². The summed E-state index contributed by atoms with van der Waals surface area (Å²) in [6.07, 6.45) is 14.2. The number of methoxy groups -OCH3 is 2. The van der Waals surface area contributed by atoms with E-state index in [1.807, 2.05) is 112 Å². The quantitative estimate of drug-likeness (QED) is 0.0287.